The zero-order chi connectivity index (χ0) is 23.6. The van der Waals surface area contributed by atoms with E-state index < -0.39 is 5.97 Å². The molecule has 9 heteroatoms. The lowest BCUT2D eigenvalue weighted by molar-refractivity contribution is -0.120. The number of benzene rings is 2. The van der Waals surface area contributed by atoms with Crippen LogP contribution in [0.1, 0.15) is 28.6 Å². The first-order valence-electron chi connectivity index (χ1n) is 10.1. The molecule has 0 unspecified atom stereocenters. The zero-order valence-corrected chi connectivity index (χ0v) is 18.5. The Labute approximate surface area is 190 Å². The quantitative estimate of drug-likeness (QED) is 0.217. The van der Waals surface area contributed by atoms with E-state index in [4.69, 9.17) is 23.4 Å². The molecule has 1 heterocycles. The Morgan fingerprint density at radius 3 is 2.48 bits per heavy atom. The van der Waals surface area contributed by atoms with E-state index in [1.54, 1.807) is 49.6 Å². The predicted octanol–water partition coefficient (Wildman–Crippen LogP) is 3.61. The van der Waals surface area contributed by atoms with E-state index in [0.29, 0.717) is 29.4 Å². The van der Waals surface area contributed by atoms with Crippen molar-refractivity contribution in [1.29, 1.82) is 0 Å². The summed E-state index contributed by atoms with van der Waals surface area (Å²) >= 11 is 0. The van der Waals surface area contributed by atoms with E-state index in [-0.39, 0.29) is 23.8 Å². The monoisotopic (exact) mass is 452 g/mol. The van der Waals surface area contributed by atoms with E-state index >= 15 is 0 Å². The van der Waals surface area contributed by atoms with E-state index in [9.17, 15) is 9.59 Å². The number of rotatable bonds is 10. The van der Waals surface area contributed by atoms with Gasteiger partial charge in [-0.1, -0.05) is 6.07 Å². The number of amides is 1. The van der Waals surface area contributed by atoms with Crippen molar-refractivity contribution in [2.75, 3.05) is 20.8 Å². The van der Waals surface area contributed by atoms with Gasteiger partial charge in [-0.25, -0.2) is 10.2 Å². The van der Waals surface area contributed by atoms with Gasteiger partial charge in [-0.05, 0) is 60.5 Å². The molecule has 0 aliphatic rings. The van der Waals surface area contributed by atoms with Crippen LogP contribution in [0, 0.1) is 0 Å². The molecule has 0 radical (unpaired) electrons. The number of furan rings is 1. The van der Waals surface area contributed by atoms with E-state index in [2.05, 4.69) is 10.5 Å². The number of nitrogens with one attached hydrogen (secondary N) is 1. The number of carbonyl (C=O) groups excluding carboxylic acids is 2. The van der Waals surface area contributed by atoms with Crippen LogP contribution in [-0.4, -0.2) is 38.9 Å². The number of methoxy groups -OCH3 is 2. The van der Waals surface area contributed by atoms with Gasteiger partial charge in [-0.15, -0.1) is 0 Å². The van der Waals surface area contributed by atoms with Gasteiger partial charge in [0.15, 0.2) is 23.0 Å². The van der Waals surface area contributed by atoms with Gasteiger partial charge in [-0.3, -0.25) is 4.79 Å². The first kappa shape index (κ1) is 23.4. The second kappa shape index (κ2) is 11.4. The Morgan fingerprint density at radius 2 is 1.79 bits per heavy atom. The molecule has 1 N–H and O–H groups in total. The van der Waals surface area contributed by atoms with Crippen LogP contribution in [0.3, 0.4) is 0 Å². The second-order valence-corrected chi connectivity index (χ2v) is 6.67. The molecule has 0 spiro atoms. The lowest BCUT2D eigenvalue weighted by atomic mass is 10.1. The SMILES string of the molecule is CCOc1cc(/C=N\NC(=O)Cc2ccc(OC)c(OC)c2)ccc1OC(=O)c1ccco1. The van der Waals surface area contributed by atoms with Crippen molar-refractivity contribution in [1.82, 2.24) is 5.43 Å². The molecule has 1 aromatic heterocycles. The van der Waals surface area contributed by atoms with Gasteiger partial charge in [0.1, 0.15) is 0 Å². The third kappa shape index (κ3) is 6.36. The summed E-state index contributed by atoms with van der Waals surface area (Å²) in [4.78, 5) is 24.4. The summed E-state index contributed by atoms with van der Waals surface area (Å²) in [5.74, 6) is 0.883. The zero-order valence-electron chi connectivity index (χ0n) is 18.5. The fourth-order valence-corrected chi connectivity index (χ4v) is 2.90. The maximum absolute atomic E-state index is 12.2. The minimum Gasteiger partial charge on any atom is -0.493 e. The number of nitrogens with zero attached hydrogens (tertiary/aromatic N) is 1. The standard InChI is InChI=1S/C24H24N2O7/c1-4-31-22-13-17(8-10-19(22)33-24(28)20-6-5-11-32-20)15-25-26-23(27)14-16-7-9-18(29-2)21(12-16)30-3/h5-13,15H,4,14H2,1-3H3,(H,26,27)/b25-15-. The van der Waals surface area contributed by atoms with Gasteiger partial charge in [0, 0.05) is 0 Å². The lowest BCUT2D eigenvalue weighted by Gasteiger charge is -2.10. The van der Waals surface area contributed by atoms with Crippen LogP contribution in [0.15, 0.2) is 64.3 Å². The Kier molecular flexibility index (Phi) is 8.07. The summed E-state index contributed by atoms with van der Waals surface area (Å²) in [7, 11) is 3.08. The van der Waals surface area contributed by atoms with Gasteiger partial charge in [0.05, 0.1) is 39.7 Å². The molecule has 9 nitrogen and oxygen atoms in total. The third-order valence-electron chi connectivity index (χ3n) is 4.41. The van der Waals surface area contributed by atoms with Crippen molar-refractivity contribution in [3.8, 4) is 23.0 Å². The summed E-state index contributed by atoms with van der Waals surface area (Å²) in [5.41, 5.74) is 3.88. The van der Waals surface area contributed by atoms with Gasteiger partial charge < -0.3 is 23.4 Å². The minimum atomic E-state index is -0.634. The van der Waals surface area contributed by atoms with Crippen LogP contribution in [-0.2, 0) is 11.2 Å². The van der Waals surface area contributed by atoms with Crippen LogP contribution in [0.4, 0.5) is 0 Å². The molecule has 0 bridgehead atoms. The van der Waals surface area contributed by atoms with Gasteiger partial charge >= 0.3 is 5.97 Å². The Morgan fingerprint density at radius 1 is 1.00 bits per heavy atom. The first-order valence-corrected chi connectivity index (χ1v) is 10.1. The molecular formula is C24H24N2O7. The normalized spacial score (nSPS) is 10.6. The van der Waals surface area contributed by atoms with Crippen molar-refractivity contribution in [3.05, 3.63) is 71.7 Å². The molecule has 0 fully saturated rings. The largest absolute Gasteiger partial charge is 0.493 e. The van der Waals surface area contributed by atoms with Crippen molar-refractivity contribution in [2.45, 2.75) is 13.3 Å². The number of esters is 1. The molecule has 1 amide bonds. The number of ether oxygens (including phenoxy) is 4. The molecule has 0 saturated heterocycles. The maximum atomic E-state index is 12.2. The van der Waals surface area contributed by atoms with Crippen LogP contribution in [0.5, 0.6) is 23.0 Å². The van der Waals surface area contributed by atoms with E-state index in [1.807, 2.05) is 6.92 Å². The average Bonchev–Trinajstić information content (AvgIpc) is 3.36. The second-order valence-electron chi connectivity index (χ2n) is 6.67. The lowest BCUT2D eigenvalue weighted by Crippen LogP contribution is -2.19. The molecule has 33 heavy (non-hydrogen) atoms. The maximum Gasteiger partial charge on any atom is 0.379 e. The highest BCUT2D eigenvalue weighted by atomic mass is 16.6. The summed E-state index contributed by atoms with van der Waals surface area (Å²) in [6.07, 6.45) is 2.97. The molecule has 3 rings (SSSR count). The van der Waals surface area contributed by atoms with Crippen LogP contribution in [0.25, 0.3) is 0 Å². The molecular weight excluding hydrogens is 428 g/mol. The number of hydrazone groups is 1. The highest BCUT2D eigenvalue weighted by Crippen LogP contribution is 2.29. The summed E-state index contributed by atoms with van der Waals surface area (Å²) < 4.78 is 26.4. The third-order valence-corrected chi connectivity index (χ3v) is 4.41. The number of carbonyl (C=O) groups is 2. The molecule has 0 aliphatic carbocycles. The van der Waals surface area contributed by atoms with Crippen molar-refractivity contribution >= 4 is 18.1 Å². The Balaban J connectivity index is 1.62. The summed E-state index contributed by atoms with van der Waals surface area (Å²) in [6, 6.07) is 13.3. The average molecular weight is 452 g/mol. The molecule has 2 aromatic carbocycles. The topological polar surface area (TPSA) is 109 Å². The minimum absolute atomic E-state index is 0.0836. The van der Waals surface area contributed by atoms with Crippen molar-refractivity contribution < 1.29 is 33.0 Å². The molecule has 0 saturated carbocycles. The number of hydrogen-bond acceptors (Lipinski definition) is 8. The predicted molar refractivity (Wildman–Crippen MR) is 120 cm³/mol. The fourth-order valence-electron chi connectivity index (χ4n) is 2.90. The van der Waals surface area contributed by atoms with E-state index in [0.717, 1.165) is 5.56 Å². The van der Waals surface area contributed by atoms with Gasteiger partial charge in [0.2, 0.25) is 11.7 Å². The van der Waals surface area contributed by atoms with Gasteiger partial charge in [-0.2, -0.15) is 5.10 Å². The van der Waals surface area contributed by atoms with Gasteiger partial charge in [0.25, 0.3) is 0 Å². The highest BCUT2D eigenvalue weighted by Gasteiger charge is 2.15. The van der Waals surface area contributed by atoms with E-state index in [1.165, 1.54) is 25.7 Å². The molecule has 172 valence electrons. The smallest absolute Gasteiger partial charge is 0.379 e. The van der Waals surface area contributed by atoms with Crippen LogP contribution >= 0.6 is 0 Å². The van der Waals surface area contributed by atoms with Crippen LogP contribution < -0.4 is 24.4 Å². The summed E-state index contributed by atoms with van der Waals surface area (Å²) in [6.45, 7) is 2.18. The van der Waals surface area contributed by atoms with Crippen LogP contribution in [0.2, 0.25) is 0 Å². The van der Waals surface area contributed by atoms with Crippen molar-refractivity contribution in [3.63, 3.8) is 0 Å². The van der Waals surface area contributed by atoms with Crippen molar-refractivity contribution in [2.24, 2.45) is 5.10 Å². The first-order chi connectivity index (χ1) is 16.0. The molecule has 3 aromatic rings. The fraction of sp³-hybridized carbons (Fsp3) is 0.208. The summed E-state index contributed by atoms with van der Waals surface area (Å²) in [5, 5.41) is 3.99. The Hall–Kier alpha value is -4.27. The number of hydrogen-bond donors (Lipinski definition) is 1. The molecule has 0 atom stereocenters. The Bertz CT molecular complexity index is 1120. The highest BCUT2D eigenvalue weighted by molar-refractivity contribution is 5.89. The molecule has 0 aliphatic heterocycles.